The number of carbonyl (C=O) groups excluding carboxylic acids is 1. The molecular formula is C21H27NO6S. The highest BCUT2D eigenvalue weighted by molar-refractivity contribution is 8.00. The zero-order valence-electron chi connectivity index (χ0n) is 16.8. The molecule has 0 saturated heterocycles. The Bertz CT molecular complexity index is 844. The second-order valence-corrected chi connectivity index (χ2v) is 8.97. The van der Waals surface area contributed by atoms with Gasteiger partial charge in [-0.2, -0.15) is 0 Å². The van der Waals surface area contributed by atoms with Gasteiger partial charge in [0, 0.05) is 21.5 Å². The molecule has 3 rings (SSSR count). The molecule has 2 saturated carbocycles. The fraction of sp³-hybridized carbons (Fsp3) is 0.571. The number of hydrogen-bond acceptors (Lipinski definition) is 6. The molecule has 2 aliphatic carbocycles. The summed E-state index contributed by atoms with van der Waals surface area (Å²) in [6.07, 6.45) is 0.557. The van der Waals surface area contributed by atoms with Gasteiger partial charge in [0.2, 0.25) is 0 Å². The number of thioether (sulfide) groups is 1. The fourth-order valence-corrected chi connectivity index (χ4v) is 7.86. The molecule has 2 fully saturated rings. The monoisotopic (exact) mass is 421 g/mol. The zero-order chi connectivity index (χ0) is 21.6. The first kappa shape index (κ1) is 21.6. The maximum absolute atomic E-state index is 13.0. The molecule has 6 atom stereocenters. The minimum absolute atomic E-state index is 0.176. The third-order valence-electron chi connectivity index (χ3n) is 7.11. The normalized spacial score (nSPS) is 35.0. The highest BCUT2D eigenvalue weighted by Gasteiger charge is 2.87. The Morgan fingerprint density at radius 3 is 2.28 bits per heavy atom. The molecule has 0 aromatic heterocycles. The minimum Gasteiger partial charge on any atom is -0.496 e. The lowest BCUT2D eigenvalue weighted by Crippen LogP contribution is -2.51. The molecule has 158 valence electrons. The molecule has 29 heavy (non-hydrogen) atoms. The molecule has 0 radical (unpaired) electrons. The van der Waals surface area contributed by atoms with Gasteiger partial charge in [-0.05, 0) is 30.9 Å². The topological polar surface area (TPSA) is 127 Å². The Labute approximate surface area is 174 Å². The molecule has 1 aromatic rings. The van der Waals surface area contributed by atoms with Crippen molar-refractivity contribution >= 4 is 29.5 Å². The molecule has 0 aliphatic heterocycles. The van der Waals surface area contributed by atoms with Crippen LogP contribution in [0.1, 0.15) is 26.7 Å². The van der Waals surface area contributed by atoms with E-state index in [1.54, 1.807) is 13.0 Å². The van der Waals surface area contributed by atoms with Crippen LogP contribution in [0.4, 0.5) is 0 Å². The maximum atomic E-state index is 13.0. The summed E-state index contributed by atoms with van der Waals surface area (Å²) in [4.78, 5) is 38.5. The van der Waals surface area contributed by atoms with Crippen LogP contribution in [0.2, 0.25) is 0 Å². The second-order valence-electron chi connectivity index (χ2n) is 7.75. The van der Waals surface area contributed by atoms with E-state index in [9.17, 15) is 24.6 Å². The van der Waals surface area contributed by atoms with Crippen LogP contribution in [0.15, 0.2) is 29.2 Å². The largest absolute Gasteiger partial charge is 0.496 e. The van der Waals surface area contributed by atoms with Crippen molar-refractivity contribution in [1.82, 2.24) is 0 Å². The molecule has 8 heteroatoms. The summed E-state index contributed by atoms with van der Waals surface area (Å²) in [6.45, 7) is 3.28. The van der Waals surface area contributed by atoms with Gasteiger partial charge < -0.3 is 20.7 Å². The third-order valence-corrected chi connectivity index (χ3v) is 8.54. The van der Waals surface area contributed by atoms with E-state index in [4.69, 9.17) is 10.5 Å². The standard InChI is InChI=1S/C21H27NO6S/c1-4-20-15(16(20)18(24)25)17(29-13-9-7-6-8-12(13)28-3)14(11(23)10-22)21(20,5-2)19(26)27/h6-9,14-17H,4-5,10,22H2,1-3H3,(H,24,25)(H,26,27). The first-order valence-electron chi connectivity index (χ1n) is 9.77. The van der Waals surface area contributed by atoms with E-state index in [1.165, 1.54) is 18.9 Å². The molecule has 0 heterocycles. The van der Waals surface area contributed by atoms with Gasteiger partial charge in [-0.3, -0.25) is 14.4 Å². The van der Waals surface area contributed by atoms with Gasteiger partial charge in [-0.25, -0.2) is 0 Å². The molecule has 0 spiro atoms. The number of Topliss-reactive ketones (excluding diaryl/α,β-unsaturated/α-hetero) is 1. The number of carbonyl (C=O) groups is 3. The SMILES string of the molecule is CCC1(C(=O)O)C(C(=O)CN)C(Sc2ccccc2OC)C2C(C(=O)O)C21CC. The first-order chi connectivity index (χ1) is 13.8. The number of rotatable bonds is 9. The predicted molar refractivity (Wildman–Crippen MR) is 108 cm³/mol. The van der Waals surface area contributed by atoms with Crippen molar-refractivity contribution in [2.75, 3.05) is 13.7 Å². The van der Waals surface area contributed by atoms with Crippen LogP contribution in [-0.2, 0) is 14.4 Å². The van der Waals surface area contributed by atoms with Crippen molar-refractivity contribution in [2.24, 2.45) is 34.3 Å². The number of nitrogens with two attached hydrogens (primary N) is 1. The van der Waals surface area contributed by atoms with E-state index in [0.29, 0.717) is 12.2 Å². The van der Waals surface area contributed by atoms with Gasteiger partial charge in [-0.15, -0.1) is 11.8 Å². The number of fused-ring (bicyclic) bond motifs is 1. The van der Waals surface area contributed by atoms with Gasteiger partial charge in [-0.1, -0.05) is 26.0 Å². The Kier molecular flexibility index (Phi) is 5.71. The molecule has 2 aliphatic rings. The van der Waals surface area contributed by atoms with Crippen LogP contribution in [0.3, 0.4) is 0 Å². The summed E-state index contributed by atoms with van der Waals surface area (Å²) in [5, 5.41) is 19.7. The van der Waals surface area contributed by atoms with Crippen LogP contribution < -0.4 is 10.5 Å². The Balaban J connectivity index is 2.19. The predicted octanol–water partition coefficient (Wildman–Crippen LogP) is 2.52. The third kappa shape index (κ3) is 2.72. The number of hydrogen-bond donors (Lipinski definition) is 3. The van der Waals surface area contributed by atoms with Crippen LogP contribution in [0, 0.1) is 28.6 Å². The van der Waals surface area contributed by atoms with Crippen molar-refractivity contribution in [3.8, 4) is 5.75 Å². The molecule has 7 nitrogen and oxygen atoms in total. The van der Waals surface area contributed by atoms with Gasteiger partial charge in [0.15, 0.2) is 5.78 Å². The summed E-state index contributed by atoms with van der Waals surface area (Å²) in [5.41, 5.74) is 3.27. The lowest BCUT2D eigenvalue weighted by Gasteiger charge is -2.40. The fourth-order valence-electron chi connectivity index (χ4n) is 6.07. The van der Waals surface area contributed by atoms with E-state index in [-0.39, 0.29) is 18.7 Å². The number of benzene rings is 1. The number of aliphatic carboxylic acids is 2. The quantitative estimate of drug-likeness (QED) is 0.555. The zero-order valence-corrected chi connectivity index (χ0v) is 17.6. The van der Waals surface area contributed by atoms with E-state index >= 15 is 0 Å². The summed E-state index contributed by atoms with van der Waals surface area (Å²) in [6, 6.07) is 7.28. The number of carboxylic acids is 2. The molecule has 0 amide bonds. The van der Waals surface area contributed by atoms with Gasteiger partial charge in [0.05, 0.1) is 25.0 Å². The van der Waals surface area contributed by atoms with Crippen molar-refractivity contribution in [2.45, 2.75) is 36.8 Å². The number of ketones is 1. The molecule has 4 N–H and O–H groups in total. The summed E-state index contributed by atoms with van der Waals surface area (Å²) < 4.78 is 5.41. The summed E-state index contributed by atoms with van der Waals surface area (Å²) >= 11 is 1.35. The van der Waals surface area contributed by atoms with Crippen LogP contribution in [-0.4, -0.2) is 46.8 Å². The van der Waals surface area contributed by atoms with E-state index in [0.717, 1.165) is 4.90 Å². The molecule has 6 unspecified atom stereocenters. The van der Waals surface area contributed by atoms with E-state index in [1.807, 2.05) is 25.1 Å². The van der Waals surface area contributed by atoms with Crippen molar-refractivity contribution in [3.05, 3.63) is 24.3 Å². The van der Waals surface area contributed by atoms with Crippen LogP contribution in [0.25, 0.3) is 0 Å². The van der Waals surface area contributed by atoms with Crippen LogP contribution >= 0.6 is 11.8 Å². The lowest BCUT2D eigenvalue weighted by atomic mass is 9.62. The first-order valence-corrected chi connectivity index (χ1v) is 10.6. The Hall–Kier alpha value is -2.06. The Morgan fingerprint density at radius 1 is 1.14 bits per heavy atom. The van der Waals surface area contributed by atoms with Gasteiger partial charge in [0.25, 0.3) is 0 Å². The summed E-state index contributed by atoms with van der Waals surface area (Å²) in [7, 11) is 1.54. The Morgan fingerprint density at radius 2 is 1.79 bits per heavy atom. The molecule has 0 bridgehead atoms. The number of methoxy groups -OCH3 is 1. The smallest absolute Gasteiger partial charge is 0.311 e. The van der Waals surface area contributed by atoms with Gasteiger partial charge >= 0.3 is 11.9 Å². The van der Waals surface area contributed by atoms with Crippen molar-refractivity contribution in [3.63, 3.8) is 0 Å². The summed E-state index contributed by atoms with van der Waals surface area (Å²) in [5.74, 6) is -3.90. The van der Waals surface area contributed by atoms with Gasteiger partial charge in [0.1, 0.15) is 5.75 Å². The van der Waals surface area contributed by atoms with Crippen molar-refractivity contribution in [1.29, 1.82) is 0 Å². The number of ether oxygens (including phenoxy) is 1. The average Bonchev–Trinajstić information content (AvgIpc) is 3.34. The lowest BCUT2D eigenvalue weighted by molar-refractivity contribution is -0.163. The molecular weight excluding hydrogens is 394 g/mol. The van der Waals surface area contributed by atoms with Crippen molar-refractivity contribution < 1.29 is 29.3 Å². The highest BCUT2D eigenvalue weighted by atomic mass is 32.2. The highest BCUT2D eigenvalue weighted by Crippen LogP contribution is 2.82. The molecule has 1 aromatic carbocycles. The number of carboxylic acid groups (broad SMARTS) is 2. The van der Waals surface area contributed by atoms with E-state index in [2.05, 4.69) is 0 Å². The minimum atomic E-state index is -1.45. The van der Waals surface area contributed by atoms with Crippen LogP contribution in [0.5, 0.6) is 5.75 Å². The second kappa shape index (κ2) is 7.65. The number of para-hydroxylation sites is 1. The average molecular weight is 422 g/mol. The van der Waals surface area contributed by atoms with E-state index < -0.39 is 45.8 Å². The maximum Gasteiger partial charge on any atom is 0.311 e.